The van der Waals surface area contributed by atoms with Gasteiger partial charge in [0.25, 0.3) is 0 Å². The van der Waals surface area contributed by atoms with Crippen LogP contribution in [0.25, 0.3) is 0 Å². The van der Waals surface area contributed by atoms with E-state index in [1.807, 2.05) is 0 Å². The number of hydrogen-bond acceptors (Lipinski definition) is 16. The highest BCUT2D eigenvalue weighted by atomic mass is 16.7. The number of carbonyl (C=O) groups is 2. The Morgan fingerprint density at radius 2 is 1.10 bits per heavy atom. The first-order valence-electron chi connectivity index (χ1n) is 12.6. The molecule has 40 heavy (non-hydrogen) atoms. The van der Waals surface area contributed by atoms with E-state index in [-0.39, 0.29) is 0 Å². The Bertz CT molecular complexity index is 854. The zero-order chi connectivity index (χ0) is 29.9. The molecular weight excluding hydrogens is 548 g/mol. The van der Waals surface area contributed by atoms with E-state index in [4.69, 9.17) is 23.7 Å². The van der Waals surface area contributed by atoms with Crippen LogP contribution in [-0.2, 0) is 33.3 Å². The Hall–Kier alpha value is -1.62. The van der Waals surface area contributed by atoms with Crippen LogP contribution in [0, 0.1) is 0 Å². The van der Waals surface area contributed by atoms with E-state index < -0.39 is 124 Å². The Balaban J connectivity index is 1.85. The summed E-state index contributed by atoms with van der Waals surface area (Å²) in [7, 11) is 0. The maximum atomic E-state index is 11.7. The maximum absolute atomic E-state index is 11.7. The topological polar surface area (TPSA) is 286 Å². The molecule has 232 valence electrons. The van der Waals surface area contributed by atoms with Crippen LogP contribution < -0.4 is 10.6 Å². The summed E-state index contributed by atoms with van der Waals surface area (Å²) in [5, 5.41) is 97.2. The monoisotopic (exact) mass is 586 g/mol. The van der Waals surface area contributed by atoms with Crippen molar-refractivity contribution in [1.29, 1.82) is 0 Å². The van der Waals surface area contributed by atoms with Gasteiger partial charge in [0, 0.05) is 13.8 Å². The molecule has 15 atom stereocenters. The van der Waals surface area contributed by atoms with Crippen LogP contribution in [0.15, 0.2) is 0 Å². The predicted molar refractivity (Wildman–Crippen MR) is 124 cm³/mol. The van der Waals surface area contributed by atoms with Crippen molar-refractivity contribution in [2.24, 2.45) is 0 Å². The lowest BCUT2D eigenvalue weighted by molar-refractivity contribution is -0.367. The normalized spacial score (nSPS) is 46.0. The van der Waals surface area contributed by atoms with Gasteiger partial charge in [-0.1, -0.05) is 0 Å². The molecule has 0 radical (unpaired) electrons. The summed E-state index contributed by atoms with van der Waals surface area (Å²) >= 11 is 0. The minimum atomic E-state index is -1.92. The fourth-order valence-corrected chi connectivity index (χ4v) is 4.86. The van der Waals surface area contributed by atoms with Gasteiger partial charge in [0.05, 0.1) is 19.8 Å². The molecule has 0 unspecified atom stereocenters. The number of carbonyl (C=O) groups excluding carboxylic acids is 2. The first-order chi connectivity index (χ1) is 18.8. The van der Waals surface area contributed by atoms with Crippen molar-refractivity contribution in [2.75, 3.05) is 19.8 Å². The van der Waals surface area contributed by atoms with Gasteiger partial charge in [-0.2, -0.15) is 0 Å². The molecule has 3 aliphatic rings. The van der Waals surface area contributed by atoms with E-state index in [1.54, 1.807) is 0 Å². The number of aliphatic hydroxyl groups excluding tert-OH is 9. The zero-order valence-corrected chi connectivity index (χ0v) is 21.7. The number of rotatable bonds is 9. The SMILES string of the molecule is CC(=O)N[C@@H]1[C@@H](O)[C@H](O[C@@H]2O[C@H](CO)[C@H](O)[C@H](O[C@H]3O[C@H](CO)[C@H](O)[C@H](O)[C@H]3NC(C)=O)[C@H]2O)[C@@H](CO)O[C@H]1O. The molecule has 3 fully saturated rings. The minimum absolute atomic E-state index is 0.631. The second-order valence-corrected chi connectivity index (χ2v) is 9.81. The fourth-order valence-electron chi connectivity index (χ4n) is 4.86. The van der Waals surface area contributed by atoms with E-state index in [2.05, 4.69) is 10.6 Å². The number of ether oxygens (including phenoxy) is 5. The molecule has 3 rings (SSSR count). The second-order valence-electron chi connectivity index (χ2n) is 9.81. The van der Waals surface area contributed by atoms with Crippen molar-refractivity contribution in [3.63, 3.8) is 0 Å². The number of amides is 2. The lowest BCUT2D eigenvalue weighted by Gasteiger charge is -2.48. The Morgan fingerprint density at radius 1 is 0.600 bits per heavy atom. The number of hydrogen-bond donors (Lipinski definition) is 11. The summed E-state index contributed by atoms with van der Waals surface area (Å²) in [6.07, 6.45) is -21.4. The number of nitrogens with one attached hydrogen (secondary N) is 2. The second kappa shape index (κ2) is 14.0. The van der Waals surface area contributed by atoms with Crippen molar-refractivity contribution >= 4 is 11.8 Å². The van der Waals surface area contributed by atoms with Gasteiger partial charge in [0.1, 0.15) is 73.1 Å². The average Bonchev–Trinajstić information content (AvgIpc) is 2.90. The molecule has 2 amide bonds. The quantitative estimate of drug-likeness (QED) is 0.120. The van der Waals surface area contributed by atoms with Crippen molar-refractivity contribution in [1.82, 2.24) is 10.6 Å². The summed E-state index contributed by atoms with van der Waals surface area (Å²) in [5.41, 5.74) is 0. The summed E-state index contributed by atoms with van der Waals surface area (Å²) in [5.74, 6) is -1.29. The minimum Gasteiger partial charge on any atom is -0.394 e. The van der Waals surface area contributed by atoms with E-state index in [0.717, 1.165) is 13.8 Å². The highest BCUT2D eigenvalue weighted by Gasteiger charge is 2.54. The van der Waals surface area contributed by atoms with Crippen LogP contribution in [0.4, 0.5) is 0 Å². The van der Waals surface area contributed by atoms with Gasteiger partial charge in [0.15, 0.2) is 18.9 Å². The molecule has 18 nitrogen and oxygen atoms in total. The van der Waals surface area contributed by atoms with Gasteiger partial charge in [0.2, 0.25) is 11.8 Å². The number of aliphatic hydroxyl groups is 9. The third-order valence-corrected chi connectivity index (χ3v) is 6.90. The first-order valence-corrected chi connectivity index (χ1v) is 12.6. The van der Waals surface area contributed by atoms with Crippen LogP contribution in [0.5, 0.6) is 0 Å². The molecular formula is C22H38N2O16. The third-order valence-electron chi connectivity index (χ3n) is 6.90. The van der Waals surface area contributed by atoms with Crippen LogP contribution in [-0.4, -0.2) is 170 Å². The highest BCUT2D eigenvalue weighted by molar-refractivity contribution is 5.73. The summed E-state index contributed by atoms with van der Waals surface area (Å²) in [6, 6.07) is -2.84. The molecule has 0 spiro atoms. The summed E-state index contributed by atoms with van der Waals surface area (Å²) in [4.78, 5) is 23.3. The molecule has 11 N–H and O–H groups in total. The molecule has 0 aliphatic carbocycles. The Morgan fingerprint density at radius 3 is 1.65 bits per heavy atom. The molecule has 0 aromatic carbocycles. The van der Waals surface area contributed by atoms with Crippen LogP contribution in [0.2, 0.25) is 0 Å². The van der Waals surface area contributed by atoms with E-state index in [9.17, 15) is 55.5 Å². The van der Waals surface area contributed by atoms with Gasteiger partial charge in [-0.05, 0) is 0 Å². The smallest absolute Gasteiger partial charge is 0.217 e. The molecule has 3 aliphatic heterocycles. The lowest BCUT2D eigenvalue weighted by Crippen LogP contribution is -2.69. The van der Waals surface area contributed by atoms with Crippen LogP contribution >= 0.6 is 0 Å². The molecule has 0 bridgehead atoms. The van der Waals surface area contributed by atoms with Crippen LogP contribution in [0.3, 0.4) is 0 Å². The molecule has 18 heteroatoms. The Kier molecular flexibility index (Phi) is 11.5. The van der Waals surface area contributed by atoms with Crippen LogP contribution in [0.1, 0.15) is 13.8 Å². The van der Waals surface area contributed by atoms with Crippen molar-refractivity contribution < 1.29 is 79.2 Å². The van der Waals surface area contributed by atoms with E-state index >= 15 is 0 Å². The first kappa shape index (κ1) is 32.9. The highest BCUT2D eigenvalue weighted by Crippen LogP contribution is 2.32. The maximum Gasteiger partial charge on any atom is 0.217 e. The Labute approximate surface area is 228 Å². The zero-order valence-electron chi connectivity index (χ0n) is 21.7. The van der Waals surface area contributed by atoms with Gasteiger partial charge in [-0.25, -0.2) is 0 Å². The molecule has 0 saturated carbocycles. The van der Waals surface area contributed by atoms with Crippen molar-refractivity contribution in [2.45, 2.75) is 106 Å². The molecule has 0 aromatic rings. The molecule has 0 aromatic heterocycles. The fraction of sp³-hybridized carbons (Fsp3) is 0.909. The summed E-state index contributed by atoms with van der Waals surface area (Å²) < 4.78 is 27.5. The van der Waals surface area contributed by atoms with Gasteiger partial charge in [-0.3, -0.25) is 9.59 Å². The molecule has 3 heterocycles. The molecule has 3 saturated heterocycles. The average molecular weight is 587 g/mol. The van der Waals surface area contributed by atoms with Gasteiger partial charge >= 0.3 is 0 Å². The predicted octanol–water partition coefficient (Wildman–Crippen LogP) is -7.29. The largest absolute Gasteiger partial charge is 0.394 e. The summed E-state index contributed by atoms with van der Waals surface area (Å²) in [6.45, 7) is -0.140. The van der Waals surface area contributed by atoms with Crippen molar-refractivity contribution in [3.05, 3.63) is 0 Å². The van der Waals surface area contributed by atoms with Crippen molar-refractivity contribution in [3.8, 4) is 0 Å². The standard InChI is InChI=1S/C22H38N2O16/c1-6(28)23-11-16(33)18(10(5-27)36-20(11)35)39-22-17(34)19(14(31)9(4-26)38-22)40-21-12(24-7(2)29)15(32)13(30)8(3-25)37-21/h8-22,25-27,30-35H,3-5H2,1-2H3,(H,23,28)(H,24,29)/t8-,9-,10-,11-,12-,13+,14+,15-,16-,17-,18-,19+,20-,21-,22+/m1/s1. The van der Waals surface area contributed by atoms with E-state index in [0.29, 0.717) is 0 Å². The van der Waals surface area contributed by atoms with Gasteiger partial charge in [-0.15, -0.1) is 0 Å². The third kappa shape index (κ3) is 7.05. The lowest BCUT2D eigenvalue weighted by atomic mass is 9.94. The van der Waals surface area contributed by atoms with E-state index in [1.165, 1.54) is 0 Å². The van der Waals surface area contributed by atoms with Gasteiger partial charge < -0.3 is 80.3 Å².